The molecule has 0 radical (unpaired) electrons. The van der Waals surface area contributed by atoms with Crippen LogP contribution in [-0.4, -0.2) is 37.6 Å². The highest BCUT2D eigenvalue weighted by atomic mass is 35.5. The number of methoxy groups -OCH3 is 2. The van der Waals surface area contributed by atoms with Crippen molar-refractivity contribution in [3.8, 4) is 11.5 Å². The molecule has 1 aromatic heterocycles. The molecule has 1 amide bonds. The number of halogens is 1. The molecular weight excluding hydrogens is 396 g/mol. The number of carbonyl (C=O) groups is 2. The molecule has 0 fully saturated rings. The van der Waals surface area contributed by atoms with Crippen molar-refractivity contribution in [2.45, 2.75) is 6.61 Å². The first kappa shape index (κ1) is 20.4. The molecule has 0 saturated carbocycles. The van der Waals surface area contributed by atoms with Gasteiger partial charge in [0.25, 0.3) is 5.91 Å². The Hall–Kier alpha value is -3.32. The molecule has 150 valence electrons. The SMILES string of the molecule is COc1ccc2cc(COC(=O)CNC(=O)c3ccccc3OC)c(Cl)nc2c1. The van der Waals surface area contributed by atoms with Gasteiger partial charge in [-0.2, -0.15) is 0 Å². The molecule has 1 heterocycles. The Labute approximate surface area is 172 Å². The van der Waals surface area contributed by atoms with E-state index in [0.717, 1.165) is 5.39 Å². The van der Waals surface area contributed by atoms with Crippen molar-refractivity contribution >= 4 is 34.4 Å². The van der Waals surface area contributed by atoms with E-state index in [9.17, 15) is 9.59 Å². The van der Waals surface area contributed by atoms with Gasteiger partial charge in [-0.1, -0.05) is 23.7 Å². The van der Waals surface area contributed by atoms with E-state index in [2.05, 4.69) is 10.3 Å². The number of pyridine rings is 1. The van der Waals surface area contributed by atoms with E-state index in [4.69, 9.17) is 25.8 Å². The quantitative estimate of drug-likeness (QED) is 0.471. The van der Waals surface area contributed by atoms with Crippen molar-refractivity contribution in [2.24, 2.45) is 0 Å². The van der Waals surface area contributed by atoms with Crippen molar-refractivity contribution in [2.75, 3.05) is 20.8 Å². The zero-order chi connectivity index (χ0) is 20.8. The van der Waals surface area contributed by atoms with Gasteiger partial charge in [0.05, 0.1) is 25.3 Å². The number of fused-ring (bicyclic) bond motifs is 1. The molecule has 0 spiro atoms. The summed E-state index contributed by atoms with van der Waals surface area (Å²) in [5.74, 6) is 0.0629. The van der Waals surface area contributed by atoms with Gasteiger partial charge in [0, 0.05) is 17.0 Å². The molecule has 2 aromatic carbocycles. The minimum absolute atomic E-state index is 0.0584. The summed E-state index contributed by atoms with van der Waals surface area (Å²) >= 11 is 6.20. The molecule has 0 aliphatic carbocycles. The van der Waals surface area contributed by atoms with Crippen LogP contribution in [0.4, 0.5) is 0 Å². The van der Waals surface area contributed by atoms with E-state index < -0.39 is 11.9 Å². The van der Waals surface area contributed by atoms with Gasteiger partial charge in [-0.05, 0) is 30.3 Å². The fraction of sp³-hybridized carbons (Fsp3) is 0.190. The summed E-state index contributed by atoms with van der Waals surface area (Å²) in [5.41, 5.74) is 1.57. The van der Waals surface area contributed by atoms with Crippen molar-refractivity contribution in [1.29, 1.82) is 0 Å². The van der Waals surface area contributed by atoms with Crippen LogP contribution in [0.25, 0.3) is 10.9 Å². The van der Waals surface area contributed by atoms with E-state index in [1.54, 1.807) is 49.6 Å². The largest absolute Gasteiger partial charge is 0.497 e. The zero-order valence-electron chi connectivity index (χ0n) is 15.9. The first-order valence-electron chi connectivity index (χ1n) is 8.72. The summed E-state index contributed by atoms with van der Waals surface area (Å²) in [6, 6.07) is 13.9. The molecule has 0 aliphatic heterocycles. The van der Waals surface area contributed by atoms with E-state index >= 15 is 0 Å². The second-order valence-corrected chi connectivity index (χ2v) is 6.40. The Morgan fingerprint density at radius 2 is 1.86 bits per heavy atom. The van der Waals surface area contributed by atoms with Crippen LogP contribution in [0.1, 0.15) is 15.9 Å². The number of aromatic nitrogens is 1. The van der Waals surface area contributed by atoms with E-state index in [1.807, 2.05) is 6.07 Å². The number of para-hydroxylation sites is 1. The smallest absolute Gasteiger partial charge is 0.325 e. The molecule has 0 bridgehead atoms. The lowest BCUT2D eigenvalue weighted by atomic mass is 10.1. The van der Waals surface area contributed by atoms with Gasteiger partial charge in [0.1, 0.15) is 29.8 Å². The molecule has 0 unspecified atom stereocenters. The number of nitrogens with one attached hydrogen (secondary N) is 1. The number of nitrogens with zero attached hydrogens (tertiary/aromatic N) is 1. The average molecular weight is 415 g/mol. The second-order valence-electron chi connectivity index (χ2n) is 6.04. The maximum atomic E-state index is 12.2. The summed E-state index contributed by atoms with van der Waals surface area (Å²) in [4.78, 5) is 28.5. The van der Waals surface area contributed by atoms with E-state index in [-0.39, 0.29) is 18.3 Å². The van der Waals surface area contributed by atoms with Gasteiger partial charge >= 0.3 is 5.97 Å². The molecule has 7 nitrogen and oxygen atoms in total. The highest BCUT2D eigenvalue weighted by Gasteiger charge is 2.14. The normalized spacial score (nSPS) is 10.4. The first-order chi connectivity index (χ1) is 14.0. The van der Waals surface area contributed by atoms with E-state index in [1.165, 1.54) is 7.11 Å². The lowest BCUT2D eigenvalue weighted by Gasteiger charge is -2.10. The van der Waals surface area contributed by atoms with Gasteiger partial charge < -0.3 is 19.5 Å². The summed E-state index contributed by atoms with van der Waals surface area (Å²) < 4.78 is 15.5. The lowest BCUT2D eigenvalue weighted by molar-refractivity contribution is -0.143. The molecule has 3 aromatic rings. The van der Waals surface area contributed by atoms with Crippen molar-refractivity contribution in [1.82, 2.24) is 10.3 Å². The minimum Gasteiger partial charge on any atom is -0.497 e. The highest BCUT2D eigenvalue weighted by Crippen LogP contribution is 2.24. The van der Waals surface area contributed by atoms with Gasteiger partial charge in [-0.15, -0.1) is 0 Å². The second kappa shape index (κ2) is 9.25. The molecule has 0 aliphatic rings. The third kappa shape index (κ3) is 4.94. The maximum Gasteiger partial charge on any atom is 0.325 e. The third-order valence-electron chi connectivity index (χ3n) is 4.18. The topological polar surface area (TPSA) is 86.8 Å². The van der Waals surface area contributed by atoms with Crippen LogP contribution in [-0.2, 0) is 16.1 Å². The summed E-state index contributed by atoms with van der Waals surface area (Å²) in [7, 11) is 3.04. The van der Waals surface area contributed by atoms with Gasteiger partial charge in [-0.25, -0.2) is 4.98 Å². The van der Waals surface area contributed by atoms with Crippen LogP contribution in [0, 0.1) is 0 Å². The van der Waals surface area contributed by atoms with Crippen LogP contribution in [0.15, 0.2) is 48.5 Å². The van der Waals surface area contributed by atoms with Crippen LogP contribution < -0.4 is 14.8 Å². The van der Waals surface area contributed by atoms with Crippen molar-refractivity contribution in [3.63, 3.8) is 0 Å². The summed E-state index contributed by atoms with van der Waals surface area (Å²) in [5, 5.41) is 3.58. The number of ether oxygens (including phenoxy) is 3. The number of amides is 1. The molecule has 3 rings (SSSR count). The monoisotopic (exact) mass is 414 g/mol. The number of benzene rings is 2. The third-order valence-corrected chi connectivity index (χ3v) is 4.51. The van der Waals surface area contributed by atoms with Crippen molar-refractivity contribution < 1.29 is 23.8 Å². The van der Waals surface area contributed by atoms with Crippen LogP contribution >= 0.6 is 11.6 Å². The lowest BCUT2D eigenvalue weighted by Crippen LogP contribution is -2.30. The van der Waals surface area contributed by atoms with Crippen LogP contribution in [0.2, 0.25) is 5.15 Å². The Morgan fingerprint density at radius 1 is 1.07 bits per heavy atom. The predicted molar refractivity (Wildman–Crippen MR) is 108 cm³/mol. The van der Waals surface area contributed by atoms with Gasteiger partial charge in [-0.3, -0.25) is 9.59 Å². The Balaban J connectivity index is 1.59. The predicted octanol–water partition coefficient (Wildman–Crippen LogP) is 3.38. The molecule has 29 heavy (non-hydrogen) atoms. The fourth-order valence-corrected chi connectivity index (χ4v) is 2.88. The van der Waals surface area contributed by atoms with Gasteiger partial charge in [0.2, 0.25) is 0 Å². The number of esters is 1. The Bertz CT molecular complexity index is 1050. The zero-order valence-corrected chi connectivity index (χ0v) is 16.7. The van der Waals surface area contributed by atoms with Crippen LogP contribution in [0.3, 0.4) is 0 Å². The number of rotatable bonds is 7. The van der Waals surface area contributed by atoms with E-state index in [0.29, 0.717) is 28.1 Å². The maximum absolute atomic E-state index is 12.2. The molecular formula is C21H19ClN2O5. The summed E-state index contributed by atoms with van der Waals surface area (Å²) in [6.07, 6.45) is 0. The average Bonchev–Trinajstić information content (AvgIpc) is 2.75. The highest BCUT2D eigenvalue weighted by molar-refractivity contribution is 6.30. The Kier molecular flexibility index (Phi) is 6.51. The van der Waals surface area contributed by atoms with Crippen molar-refractivity contribution in [3.05, 3.63) is 64.8 Å². The molecule has 0 atom stereocenters. The van der Waals surface area contributed by atoms with Crippen LogP contribution in [0.5, 0.6) is 11.5 Å². The molecule has 1 N–H and O–H groups in total. The Morgan fingerprint density at radius 3 is 2.62 bits per heavy atom. The molecule has 0 saturated heterocycles. The fourth-order valence-electron chi connectivity index (χ4n) is 2.68. The summed E-state index contributed by atoms with van der Waals surface area (Å²) in [6.45, 7) is -0.343. The van der Waals surface area contributed by atoms with Gasteiger partial charge in [0.15, 0.2) is 0 Å². The minimum atomic E-state index is -0.598. The number of hydrogen-bond donors (Lipinski definition) is 1. The number of hydrogen-bond acceptors (Lipinski definition) is 6. The standard InChI is InChI=1S/C21H19ClN2O5/c1-27-15-8-7-13-9-14(20(22)24-17(13)10-15)12-29-19(25)11-23-21(26)16-5-3-4-6-18(16)28-2/h3-10H,11-12H2,1-2H3,(H,23,26). The molecule has 8 heteroatoms. The number of carbonyl (C=O) groups excluding carboxylic acids is 2. The first-order valence-corrected chi connectivity index (χ1v) is 9.09.